The zero-order chi connectivity index (χ0) is 18.1. The van der Waals surface area contributed by atoms with Crippen molar-refractivity contribution >= 4 is 5.69 Å². The van der Waals surface area contributed by atoms with E-state index >= 15 is 0 Å². The van der Waals surface area contributed by atoms with Crippen molar-refractivity contribution in [2.24, 2.45) is 0 Å². The number of benzene rings is 1. The predicted molar refractivity (Wildman–Crippen MR) is 79.0 cm³/mol. The zero-order valence-electron chi connectivity index (χ0n) is 12.7. The molecule has 2 atom stereocenters. The van der Waals surface area contributed by atoms with Crippen molar-refractivity contribution in [2.75, 3.05) is 0 Å². The largest absolute Gasteiger partial charge is 0.493 e. The summed E-state index contributed by atoms with van der Waals surface area (Å²) in [6.07, 6.45) is -2.61. The second-order valence-corrected chi connectivity index (χ2v) is 6.32. The topological polar surface area (TPSA) is 90.3 Å². The summed E-state index contributed by atoms with van der Waals surface area (Å²) in [6, 6.07) is 2.20. The first-order valence-electron chi connectivity index (χ1n) is 7.62. The van der Waals surface area contributed by atoms with Crippen LogP contribution in [-0.2, 0) is 6.18 Å². The highest BCUT2D eigenvalue weighted by Gasteiger charge is 2.43. The first-order valence-corrected chi connectivity index (χ1v) is 7.62. The highest BCUT2D eigenvalue weighted by molar-refractivity contribution is 5.52. The Balaban J connectivity index is 1.93. The number of aromatic nitrogens is 2. The van der Waals surface area contributed by atoms with Crippen molar-refractivity contribution < 1.29 is 23.2 Å². The number of halogens is 3. The van der Waals surface area contributed by atoms with Crippen LogP contribution in [0.2, 0.25) is 0 Å². The van der Waals surface area contributed by atoms with Crippen LogP contribution in [-0.4, -0.2) is 19.2 Å². The molecule has 1 aromatic carbocycles. The summed E-state index contributed by atoms with van der Waals surface area (Å²) in [6.45, 7) is 0. The van der Waals surface area contributed by atoms with E-state index in [0.29, 0.717) is 17.8 Å². The molecule has 2 heterocycles. The van der Waals surface area contributed by atoms with E-state index in [2.05, 4.69) is 0 Å². The molecule has 1 saturated carbocycles. The number of nitro benzene ring substituents is 1. The standard InChI is InChI=1S/C15H12F3N3O4/c16-15(17,18)10-6-9(3-4-11(10)21(24)25)20-13(22)12-7-1-2-8(5-7)19(12)14(20)23/h3-4,6-8,22H,1-2,5H2/t7?,8-/m0/s1. The van der Waals surface area contributed by atoms with Crippen molar-refractivity contribution in [1.82, 2.24) is 9.13 Å². The number of alkyl halides is 3. The van der Waals surface area contributed by atoms with Gasteiger partial charge in [-0.05, 0) is 31.4 Å². The second-order valence-electron chi connectivity index (χ2n) is 6.32. The predicted octanol–water partition coefficient (Wildman–Crippen LogP) is 3.09. The first-order chi connectivity index (χ1) is 11.7. The van der Waals surface area contributed by atoms with Gasteiger partial charge >= 0.3 is 11.9 Å². The number of rotatable bonds is 2. The van der Waals surface area contributed by atoms with E-state index in [-0.39, 0.29) is 23.5 Å². The number of aromatic hydroxyl groups is 1. The van der Waals surface area contributed by atoms with Crippen LogP contribution in [0.1, 0.15) is 42.5 Å². The summed E-state index contributed by atoms with van der Waals surface area (Å²) in [5.41, 5.74) is -3.00. The Morgan fingerprint density at radius 2 is 2.00 bits per heavy atom. The fourth-order valence-corrected chi connectivity index (χ4v) is 3.98. The van der Waals surface area contributed by atoms with E-state index < -0.39 is 28.0 Å². The molecule has 7 nitrogen and oxygen atoms in total. The Kier molecular flexibility index (Phi) is 3.06. The lowest BCUT2D eigenvalue weighted by molar-refractivity contribution is -0.388. The molecule has 25 heavy (non-hydrogen) atoms. The van der Waals surface area contributed by atoms with E-state index in [0.717, 1.165) is 29.9 Å². The summed E-state index contributed by atoms with van der Waals surface area (Å²) in [5, 5.41) is 21.2. The molecule has 0 saturated heterocycles. The van der Waals surface area contributed by atoms with Gasteiger partial charge in [0.25, 0.3) is 5.69 Å². The molecule has 2 aromatic rings. The smallest absolute Gasteiger partial charge is 0.423 e. The molecule has 2 bridgehead atoms. The Bertz CT molecular complexity index is 960. The van der Waals surface area contributed by atoms with Gasteiger partial charge in [0.1, 0.15) is 5.56 Å². The minimum Gasteiger partial charge on any atom is -0.493 e. The van der Waals surface area contributed by atoms with Crippen molar-refractivity contribution in [3.05, 3.63) is 50.1 Å². The monoisotopic (exact) mass is 355 g/mol. The minimum absolute atomic E-state index is 0.0130. The molecule has 0 amide bonds. The third kappa shape index (κ3) is 2.09. The van der Waals surface area contributed by atoms with Crippen LogP contribution in [0.15, 0.2) is 23.0 Å². The highest BCUT2D eigenvalue weighted by Crippen LogP contribution is 2.51. The summed E-state index contributed by atoms with van der Waals surface area (Å²) < 4.78 is 41.6. The van der Waals surface area contributed by atoms with Gasteiger partial charge in [-0.1, -0.05) is 0 Å². The Morgan fingerprint density at radius 3 is 2.60 bits per heavy atom. The average Bonchev–Trinajstić information content (AvgIpc) is 3.20. The maximum atomic E-state index is 13.1. The molecule has 1 aliphatic carbocycles. The van der Waals surface area contributed by atoms with E-state index in [1.54, 1.807) is 0 Å². The van der Waals surface area contributed by atoms with Gasteiger partial charge in [-0.3, -0.25) is 14.7 Å². The lowest BCUT2D eigenvalue weighted by Gasteiger charge is -2.11. The molecule has 10 heteroatoms. The molecular formula is C15H12F3N3O4. The van der Waals surface area contributed by atoms with E-state index in [4.69, 9.17) is 0 Å². The van der Waals surface area contributed by atoms with Crippen LogP contribution in [0.25, 0.3) is 5.69 Å². The molecule has 1 aromatic heterocycles. The fraction of sp³-hybridized carbons (Fsp3) is 0.400. The summed E-state index contributed by atoms with van der Waals surface area (Å²) in [7, 11) is 0. The van der Waals surface area contributed by atoms with E-state index in [1.165, 1.54) is 4.57 Å². The summed E-state index contributed by atoms with van der Waals surface area (Å²) >= 11 is 0. The third-order valence-electron chi connectivity index (χ3n) is 5.00. The molecule has 1 aliphatic heterocycles. The molecule has 1 fully saturated rings. The molecule has 0 spiro atoms. The number of imidazole rings is 1. The SMILES string of the molecule is O=c1n(-c2ccc([N+](=O)[O-])c(C(F)(F)F)c2)c(O)c2n1[C@H]1CCC2C1. The molecule has 4 rings (SSSR count). The minimum atomic E-state index is -4.96. The van der Waals surface area contributed by atoms with Crippen LogP contribution >= 0.6 is 0 Å². The van der Waals surface area contributed by atoms with Gasteiger partial charge in [-0.15, -0.1) is 0 Å². The molecule has 1 N–H and O–H groups in total. The lowest BCUT2D eigenvalue weighted by atomic mass is 10.1. The molecule has 0 radical (unpaired) electrons. The Morgan fingerprint density at radius 1 is 1.28 bits per heavy atom. The van der Waals surface area contributed by atoms with Crippen LogP contribution in [0, 0.1) is 10.1 Å². The Labute approximate surface area is 138 Å². The van der Waals surface area contributed by atoms with E-state index in [1.807, 2.05) is 0 Å². The number of nitrogens with zero attached hydrogens (tertiary/aromatic N) is 3. The Hall–Kier alpha value is -2.78. The van der Waals surface area contributed by atoms with Gasteiger partial charge in [0.15, 0.2) is 0 Å². The first kappa shape index (κ1) is 15.7. The van der Waals surface area contributed by atoms with Crippen molar-refractivity contribution in [2.45, 2.75) is 37.4 Å². The molecule has 2 aliphatic rings. The highest BCUT2D eigenvalue weighted by atomic mass is 19.4. The summed E-state index contributed by atoms with van der Waals surface area (Å²) in [4.78, 5) is 22.3. The van der Waals surface area contributed by atoms with Gasteiger partial charge in [-0.2, -0.15) is 13.2 Å². The van der Waals surface area contributed by atoms with Gasteiger partial charge < -0.3 is 5.11 Å². The molecule has 1 unspecified atom stereocenters. The molecular weight excluding hydrogens is 343 g/mol. The third-order valence-corrected chi connectivity index (χ3v) is 5.00. The fourth-order valence-electron chi connectivity index (χ4n) is 3.98. The summed E-state index contributed by atoms with van der Waals surface area (Å²) in [5.74, 6) is -0.377. The zero-order valence-corrected chi connectivity index (χ0v) is 12.7. The van der Waals surface area contributed by atoms with Crippen molar-refractivity contribution in [1.29, 1.82) is 0 Å². The van der Waals surface area contributed by atoms with Crippen LogP contribution in [0.3, 0.4) is 0 Å². The van der Waals surface area contributed by atoms with Crippen LogP contribution < -0.4 is 5.69 Å². The maximum Gasteiger partial charge on any atom is 0.423 e. The quantitative estimate of drug-likeness (QED) is 0.662. The number of hydrogen-bond acceptors (Lipinski definition) is 4. The maximum absolute atomic E-state index is 13.1. The van der Waals surface area contributed by atoms with Gasteiger partial charge in [0, 0.05) is 18.0 Å². The van der Waals surface area contributed by atoms with Crippen LogP contribution in [0.4, 0.5) is 18.9 Å². The normalized spacial score (nSPS) is 21.6. The molecule has 132 valence electrons. The average molecular weight is 355 g/mol. The second kappa shape index (κ2) is 4.87. The number of nitro groups is 1. The number of hydrogen-bond donors (Lipinski definition) is 1. The van der Waals surface area contributed by atoms with Crippen molar-refractivity contribution in [3.63, 3.8) is 0 Å². The van der Waals surface area contributed by atoms with Crippen molar-refractivity contribution in [3.8, 4) is 11.6 Å². The van der Waals surface area contributed by atoms with E-state index in [9.17, 15) is 33.2 Å². The van der Waals surface area contributed by atoms with Gasteiger partial charge in [0.2, 0.25) is 5.88 Å². The lowest BCUT2D eigenvalue weighted by Crippen LogP contribution is -2.25. The van der Waals surface area contributed by atoms with Gasteiger partial charge in [0.05, 0.1) is 16.3 Å². The van der Waals surface area contributed by atoms with Gasteiger partial charge in [-0.25, -0.2) is 9.36 Å². The van der Waals surface area contributed by atoms with Crippen LogP contribution in [0.5, 0.6) is 5.88 Å². The number of fused-ring (bicyclic) bond motifs is 5.